The summed E-state index contributed by atoms with van der Waals surface area (Å²) < 4.78 is 7.89. The normalized spacial score (nSPS) is 12.0. The number of fused-ring (bicyclic) bond motifs is 3. The van der Waals surface area contributed by atoms with Crippen molar-refractivity contribution < 1.29 is 9.57 Å². The molecule has 0 aliphatic heterocycles. The fourth-order valence-corrected chi connectivity index (χ4v) is 3.78. The summed E-state index contributed by atoms with van der Waals surface area (Å²) >= 11 is 0. The first-order valence-corrected chi connectivity index (χ1v) is 11.0. The van der Waals surface area contributed by atoms with E-state index in [2.05, 4.69) is 20.8 Å². The second-order valence-corrected chi connectivity index (χ2v) is 7.72. The van der Waals surface area contributed by atoms with Crippen molar-refractivity contribution >= 4 is 33.5 Å². The first kappa shape index (κ1) is 21.8. The van der Waals surface area contributed by atoms with Gasteiger partial charge in [-0.05, 0) is 38.3 Å². The molecule has 4 aromatic rings. The van der Waals surface area contributed by atoms with E-state index < -0.39 is 0 Å². The van der Waals surface area contributed by atoms with Crippen LogP contribution in [0.1, 0.15) is 38.1 Å². The van der Waals surface area contributed by atoms with Crippen molar-refractivity contribution in [1.82, 2.24) is 14.5 Å². The minimum Gasteiger partial charge on any atom is -0.391 e. The molecule has 166 valence electrons. The molecule has 0 aliphatic rings. The highest BCUT2D eigenvalue weighted by Gasteiger charge is 2.17. The SMILES string of the molecule is CCOCc1nc2c(N)nc3ccccc3c2n1CCC/C(C)=N/OCc1ccccc1. The van der Waals surface area contributed by atoms with Gasteiger partial charge >= 0.3 is 0 Å². The van der Waals surface area contributed by atoms with Gasteiger partial charge in [0.2, 0.25) is 0 Å². The van der Waals surface area contributed by atoms with Crippen LogP contribution in [0.2, 0.25) is 0 Å². The second kappa shape index (κ2) is 10.2. The molecule has 0 saturated heterocycles. The summed E-state index contributed by atoms with van der Waals surface area (Å²) in [5.41, 5.74) is 10.9. The average molecular weight is 432 g/mol. The van der Waals surface area contributed by atoms with Crippen molar-refractivity contribution in [3.8, 4) is 0 Å². The molecular weight excluding hydrogens is 402 g/mol. The van der Waals surface area contributed by atoms with Crippen molar-refractivity contribution in [2.45, 2.75) is 46.4 Å². The van der Waals surface area contributed by atoms with E-state index in [-0.39, 0.29) is 0 Å². The number of nitrogen functional groups attached to an aromatic ring is 1. The fraction of sp³-hybridized carbons (Fsp3) is 0.320. The van der Waals surface area contributed by atoms with E-state index in [9.17, 15) is 0 Å². The third-order valence-electron chi connectivity index (χ3n) is 5.34. The number of ether oxygens (including phenoxy) is 1. The first-order chi connectivity index (χ1) is 15.7. The van der Waals surface area contributed by atoms with Crippen molar-refractivity contribution in [1.29, 1.82) is 0 Å². The van der Waals surface area contributed by atoms with Crippen LogP contribution in [0.4, 0.5) is 5.82 Å². The molecule has 4 rings (SSSR count). The Kier molecular flexibility index (Phi) is 6.97. The number of anilines is 1. The van der Waals surface area contributed by atoms with Crippen molar-refractivity contribution in [3.63, 3.8) is 0 Å². The van der Waals surface area contributed by atoms with Crippen LogP contribution in [0, 0.1) is 0 Å². The van der Waals surface area contributed by atoms with E-state index in [0.717, 1.165) is 58.4 Å². The lowest BCUT2D eigenvalue weighted by Crippen LogP contribution is -2.08. The van der Waals surface area contributed by atoms with Gasteiger partial charge in [0.25, 0.3) is 0 Å². The minimum atomic E-state index is 0.437. The third-order valence-corrected chi connectivity index (χ3v) is 5.34. The Morgan fingerprint density at radius 2 is 1.81 bits per heavy atom. The van der Waals surface area contributed by atoms with Crippen LogP contribution in [0.3, 0.4) is 0 Å². The molecule has 7 heteroatoms. The molecular formula is C25H29N5O2. The van der Waals surface area contributed by atoms with Gasteiger partial charge in [-0.1, -0.05) is 53.7 Å². The summed E-state index contributed by atoms with van der Waals surface area (Å²) in [6.07, 6.45) is 1.71. The number of rotatable bonds is 10. The summed E-state index contributed by atoms with van der Waals surface area (Å²) in [6.45, 7) is 6.29. The molecule has 32 heavy (non-hydrogen) atoms. The number of benzene rings is 2. The smallest absolute Gasteiger partial charge is 0.152 e. The molecule has 2 aromatic heterocycles. The molecule has 0 fully saturated rings. The van der Waals surface area contributed by atoms with E-state index in [1.165, 1.54) is 0 Å². The molecule has 0 amide bonds. The summed E-state index contributed by atoms with van der Waals surface area (Å²) in [5.74, 6) is 1.31. The highest BCUT2D eigenvalue weighted by molar-refractivity contribution is 6.06. The number of nitrogens with two attached hydrogens (primary N) is 1. The Balaban J connectivity index is 1.51. The maximum absolute atomic E-state index is 6.25. The zero-order valence-corrected chi connectivity index (χ0v) is 18.6. The molecule has 7 nitrogen and oxygen atoms in total. The predicted octanol–water partition coefficient (Wildman–Crippen LogP) is 5.08. The van der Waals surface area contributed by atoms with Crippen LogP contribution < -0.4 is 5.73 Å². The summed E-state index contributed by atoms with van der Waals surface area (Å²) in [4.78, 5) is 14.8. The second-order valence-electron chi connectivity index (χ2n) is 7.72. The molecule has 0 saturated carbocycles. The highest BCUT2D eigenvalue weighted by Crippen LogP contribution is 2.29. The molecule has 2 N–H and O–H groups in total. The fourth-order valence-electron chi connectivity index (χ4n) is 3.78. The largest absolute Gasteiger partial charge is 0.391 e. The Hall–Kier alpha value is -3.45. The summed E-state index contributed by atoms with van der Waals surface area (Å²) in [5, 5.41) is 5.32. The van der Waals surface area contributed by atoms with E-state index >= 15 is 0 Å². The van der Waals surface area contributed by atoms with Crippen molar-refractivity contribution in [2.75, 3.05) is 12.3 Å². The lowest BCUT2D eigenvalue weighted by molar-refractivity contribution is 0.125. The Bertz CT molecular complexity index is 1220. The number of hydrogen-bond donors (Lipinski definition) is 1. The van der Waals surface area contributed by atoms with Crippen LogP contribution >= 0.6 is 0 Å². The zero-order chi connectivity index (χ0) is 22.3. The molecule has 0 unspecified atom stereocenters. The Morgan fingerprint density at radius 1 is 1.03 bits per heavy atom. The molecule has 2 aromatic carbocycles. The minimum absolute atomic E-state index is 0.437. The van der Waals surface area contributed by atoms with Gasteiger partial charge in [0, 0.05) is 18.5 Å². The van der Waals surface area contributed by atoms with E-state index in [1.807, 2.05) is 62.4 Å². The lowest BCUT2D eigenvalue weighted by Gasteiger charge is -2.11. The van der Waals surface area contributed by atoms with Crippen LogP contribution in [-0.4, -0.2) is 26.9 Å². The van der Waals surface area contributed by atoms with Gasteiger partial charge in [0.05, 0.1) is 16.7 Å². The van der Waals surface area contributed by atoms with Gasteiger partial charge in [0.1, 0.15) is 24.6 Å². The number of imidazole rings is 1. The topological polar surface area (TPSA) is 87.6 Å². The van der Waals surface area contributed by atoms with Gasteiger partial charge in [-0.15, -0.1) is 0 Å². The Labute approximate surface area is 187 Å². The third kappa shape index (κ3) is 4.89. The zero-order valence-electron chi connectivity index (χ0n) is 18.6. The molecule has 0 aliphatic carbocycles. The quantitative estimate of drug-likeness (QED) is 0.280. The van der Waals surface area contributed by atoms with Gasteiger partial charge in [0.15, 0.2) is 5.82 Å². The van der Waals surface area contributed by atoms with Crippen molar-refractivity contribution in [3.05, 3.63) is 66.0 Å². The average Bonchev–Trinajstić information content (AvgIpc) is 3.18. The van der Waals surface area contributed by atoms with Crippen molar-refractivity contribution in [2.24, 2.45) is 5.16 Å². The number of nitrogens with zero attached hydrogens (tertiary/aromatic N) is 4. The van der Waals surface area contributed by atoms with Crippen LogP contribution in [0.15, 0.2) is 59.8 Å². The Morgan fingerprint density at radius 3 is 2.62 bits per heavy atom. The van der Waals surface area contributed by atoms with Crippen LogP contribution in [0.5, 0.6) is 0 Å². The first-order valence-electron chi connectivity index (χ1n) is 11.0. The van der Waals surface area contributed by atoms with Crippen LogP contribution in [0.25, 0.3) is 21.9 Å². The number of pyridine rings is 1. The maximum Gasteiger partial charge on any atom is 0.152 e. The highest BCUT2D eigenvalue weighted by atomic mass is 16.6. The molecule has 0 atom stereocenters. The predicted molar refractivity (Wildman–Crippen MR) is 128 cm³/mol. The van der Waals surface area contributed by atoms with E-state index in [4.69, 9.17) is 20.3 Å². The molecule has 0 spiro atoms. The molecule has 0 radical (unpaired) electrons. The summed E-state index contributed by atoms with van der Waals surface area (Å²) in [7, 11) is 0. The number of hydrogen-bond acceptors (Lipinski definition) is 6. The molecule has 2 heterocycles. The number of para-hydroxylation sites is 1. The summed E-state index contributed by atoms with van der Waals surface area (Å²) in [6, 6.07) is 18.1. The van der Waals surface area contributed by atoms with Gasteiger partial charge < -0.3 is 19.9 Å². The maximum atomic E-state index is 6.25. The lowest BCUT2D eigenvalue weighted by atomic mass is 10.1. The monoisotopic (exact) mass is 431 g/mol. The number of oxime groups is 1. The van der Waals surface area contributed by atoms with Gasteiger partial charge in [-0.25, -0.2) is 9.97 Å². The van der Waals surface area contributed by atoms with Gasteiger partial charge in [-0.3, -0.25) is 0 Å². The van der Waals surface area contributed by atoms with E-state index in [1.54, 1.807) is 0 Å². The number of aryl methyl sites for hydroxylation is 1. The standard InChI is InChI=1S/C25H29N5O2/c1-3-31-17-22-28-23-24(20-13-7-8-14-21(20)27-25(23)26)30(22)15-9-10-18(2)29-32-16-19-11-5-4-6-12-19/h4-8,11-14H,3,9-10,15-17H2,1-2H3,(H2,26,27)/b29-18+. The molecule has 0 bridgehead atoms. The number of aromatic nitrogens is 3. The van der Waals surface area contributed by atoms with E-state index in [0.29, 0.717) is 25.6 Å². The van der Waals surface area contributed by atoms with Gasteiger partial charge in [-0.2, -0.15) is 0 Å². The van der Waals surface area contributed by atoms with Crippen LogP contribution in [-0.2, 0) is 29.3 Å².